The van der Waals surface area contributed by atoms with Crippen molar-refractivity contribution in [3.8, 4) is 0 Å². The zero-order valence-electron chi connectivity index (χ0n) is 10.8. The average Bonchev–Trinajstić information content (AvgIpc) is 2.91. The van der Waals surface area contributed by atoms with Gasteiger partial charge in [0.05, 0.1) is 5.71 Å². The second-order valence-corrected chi connectivity index (χ2v) is 4.33. The second-order valence-electron chi connectivity index (χ2n) is 3.77. The van der Waals surface area contributed by atoms with E-state index in [1.807, 2.05) is 13.8 Å². The lowest BCUT2D eigenvalue weighted by Crippen LogP contribution is -2.27. The fourth-order valence-corrected chi connectivity index (χ4v) is 2.08. The van der Waals surface area contributed by atoms with Crippen LogP contribution in [0.1, 0.15) is 31.4 Å². The van der Waals surface area contributed by atoms with Crippen LogP contribution in [0.5, 0.6) is 0 Å². The Bertz CT molecular complexity index is 450. The molecule has 0 bridgehead atoms. The molecule has 0 saturated carbocycles. The van der Waals surface area contributed by atoms with Crippen molar-refractivity contribution in [2.24, 2.45) is 5.10 Å². The van der Waals surface area contributed by atoms with E-state index in [2.05, 4.69) is 26.5 Å². The first kappa shape index (κ1) is 16.0. The van der Waals surface area contributed by atoms with Crippen LogP contribution in [0.25, 0.3) is 0 Å². The predicted molar refractivity (Wildman–Crippen MR) is 74.5 cm³/mol. The Morgan fingerprint density at radius 3 is 2.58 bits per heavy atom. The average molecular weight is 337 g/mol. The summed E-state index contributed by atoms with van der Waals surface area (Å²) in [4.78, 5) is 0. The topological polar surface area (TPSA) is 24.4 Å². The Kier molecular flexibility index (Phi) is 6.34. The summed E-state index contributed by atoms with van der Waals surface area (Å²) in [6, 6.07) is 3.67. The van der Waals surface area contributed by atoms with Crippen LogP contribution in [0.3, 0.4) is 0 Å². The van der Waals surface area contributed by atoms with Crippen LogP contribution >= 0.6 is 15.9 Å². The molecule has 0 aromatic heterocycles. The van der Waals surface area contributed by atoms with E-state index in [1.165, 1.54) is 6.07 Å². The standard InChI is InChI=1S/C11H10BrF3N2.C2H6/c12-5-7-2-1-6(3-8(7)13)9-4-10(11(14)15)17-16-9;1-2/h1-3,10-11,17H,4-5H2;1-2H3. The van der Waals surface area contributed by atoms with E-state index in [0.717, 1.165) is 0 Å². The van der Waals surface area contributed by atoms with Gasteiger partial charge in [0.2, 0.25) is 0 Å². The number of alkyl halides is 3. The maximum absolute atomic E-state index is 13.5. The van der Waals surface area contributed by atoms with Crippen molar-refractivity contribution >= 4 is 21.6 Å². The third-order valence-electron chi connectivity index (χ3n) is 2.61. The van der Waals surface area contributed by atoms with E-state index in [9.17, 15) is 13.2 Å². The zero-order valence-corrected chi connectivity index (χ0v) is 12.3. The number of hydrazone groups is 1. The smallest absolute Gasteiger partial charge is 0.260 e. The van der Waals surface area contributed by atoms with Crippen molar-refractivity contribution in [2.45, 2.75) is 38.1 Å². The molecule has 1 aromatic carbocycles. The Labute approximate surface area is 119 Å². The molecule has 1 aliphatic rings. The fourth-order valence-electron chi connectivity index (χ4n) is 1.62. The molecule has 1 aliphatic heterocycles. The normalized spacial score (nSPS) is 17.6. The van der Waals surface area contributed by atoms with Crippen LogP contribution in [-0.4, -0.2) is 18.2 Å². The van der Waals surface area contributed by atoms with Crippen molar-refractivity contribution < 1.29 is 13.2 Å². The molecule has 19 heavy (non-hydrogen) atoms. The largest absolute Gasteiger partial charge is 0.301 e. The maximum atomic E-state index is 13.5. The van der Waals surface area contributed by atoms with Gasteiger partial charge in [0.1, 0.15) is 11.9 Å². The van der Waals surface area contributed by atoms with E-state index in [1.54, 1.807) is 12.1 Å². The Hall–Kier alpha value is -1.04. The van der Waals surface area contributed by atoms with Gasteiger partial charge in [0, 0.05) is 17.3 Å². The van der Waals surface area contributed by atoms with E-state index >= 15 is 0 Å². The van der Waals surface area contributed by atoms with Crippen molar-refractivity contribution in [2.75, 3.05) is 0 Å². The van der Waals surface area contributed by atoms with Gasteiger partial charge in [-0.1, -0.05) is 41.9 Å². The third-order valence-corrected chi connectivity index (χ3v) is 3.22. The van der Waals surface area contributed by atoms with Crippen molar-refractivity contribution in [3.63, 3.8) is 0 Å². The zero-order chi connectivity index (χ0) is 14.4. The minimum Gasteiger partial charge on any atom is -0.301 e. The predicted octanol–water partition coefficient (Wildman–Crippen LogP) is 4.08. The molecule has 0 fully saturated rings. The van der Waals surface area contributed by atoms with E-state index in [0.29, 0.717) is 22.2 Å². The molecule has 1 atom stereocenters. The van der Waals surface area contributed by atoms with E-state index in [4.69, 9.17) is 0 Å². The van der Waals surface area contributed by atoms with Crippen LogP contribution in [0, 0.1) is 5.82 Å². The van der Waals surface area contributed by atoms with Gasteiger partial charge in [-0.05, 0) is 11.6 Å². The summed E-state index contributed by atoms with van der Waals surface area (Å²) in [7, 11) is 0. The molecule has 1 unspecified atom stereocenters. The lowest BCUT2D eigenvalue weighted by atomic mass is 10.0. The maximum Gasteiger partial charge on any atom is 0.260 e. The molecule has 0 spiro atoms. The summed E-state index contributed by atoms with van der Waals surface area (Å²) in [6.45, 7) is 4.00. The molecular weight excluding hydrogens is 321 g/mol. The quantitative estimate of drug-likeness (QED) is 0.826. The summed E-state index contributed by atoms with van der Waals surface area (Å²) in [6.07, 6.45) is -2.35. The molecule has 0 aliphatic carbocycles. The number of nitrogens with one attached hydrogen (secondary N) is 1. The van der Waals surface area contributed by atoms with Gasteiger partial charge in [-0.2, -0.15) is 5.10 Å². The first-order valence-corrected chi connectivity index (χ1v) is 7.19. The molecule has 2 nitrogen and oxygen atoms in total. The SMILES string of the molecule is CC.Fc1cc(C2=NNC(C(F)F)C2)ccc1CBr. The molecule has 6 heteroatoms. The number of nitrogens with zero attached hydrogens (tertiary/aromatic N) is 1. The highest BCUT2D eigenvalue weighted by Crippen LogP contribution is 2.19. The van der Waals surface area contributed by atoms with Gasteiger partial charge in [-0.15, -0.1) is 0 Å². The van der Waals surface area contributed by atoms with Crippen LogP contribution in [0.4, 0.5) is 13.2 Å². The Balaban J connectivity index is 0.000000861. The Morgan fingerprint density at radius 1 is 1.42 bits per heavy atom. The summed E-state index contributed by atoms with van der Waals surface area (Å²) in [5.41, 5.74) is 3.90. The van der Waals surface area contributed by atoms with Crippen molar-refractivity contribution in [1.82, 2.24) is 5.43 Å². The lowest BCUT2D eigenvalue weighted by molar-refractivity contribution is 0.106. The molecule has 1 N–H and O–H groups in total. The molecule has 0 radical (unpaired) electrons. The number of hydrogen-bond acceptors (Lipinski definition) is 2. The van der Waals surface area contributed by atoms with Gasteiger partial charge in [0.25, 0.3) is 6.43 Å². The van der Waals surface area contributed by atoms with Crippen LogP contribution < -0.4 is 5.43 Å². The molecule has 0 amide bonds. The number of benzene rings is 1. The van der Waals surface area contributed by atoms with Gasteiger partial charge in [-0.3, -0.25) is 0 Å². The van der Waals surface area contributed by atoms with Crippen LogP contribution in [0.2, 0.25) is 0 Å². The highest BCUT2D eigenvalue weighted by Gasteiger charge is 2.27. The first-order chi connectivity index (χ1) is 9.11. The Morgan fingerprint density at radius 2 is 2.11 bits per heavy atom. The van der Waals surface area contributed by atoms with Gasteiger partial charge in [-0.25, -0.2) is 13.2 Å². The third kappa shape index (κ3) is 3.96. The van der Waals surface area contributed by atoms with Crippen LogP contribution in [0.15, 0.2) is 23.3 Å². The molecule has 1 aromatic rings. The highest BCUT2D eigenvalue weighted by atomic mass is 79.9. The molecule has 2 rings (SSSR count). The molecule has 0 saturated heterocycles. The van der Waals surface area contributed by atoms with Crippen molar-refractivity contribution in [3.05, 3.63) is 35.1 Å². The summed E-state index contributed by atoms with van der Waals surface area (Å²) in [5, 5.41) is 4.23. The summed E-state index contributed by atoms with van der Waals surface area (Å²) in [5.74, 6) is -0.359. The van der Waals surface area contributed by atoms with E-state index in [-0.39, 0.29) is 12.2 Å². The second kappa shape index (κ2) is 7.53. The monoisotopic (exact) mass is 336 g/mol. The number of halogens is 4. The number of hydrogen-bond donors (Lipinski definition) is 1. The molecule has 106 valence electrons. The summed E-state index contributed by atoms with van der Waals surface area (Å²) < 4.78 is 38.3. The van der Waals surface area contributed by atoms with Gasteiger partial charge >= 0.3 is 0 Å². The van der Waals surface area contributed by atoms with Crippen molar-refractivity contribution in [1.29, 1.82) is 0 Å². The highest BCUT2D eigenvalue weighted by molar-refractivity contribution is 9.08. The van der Waals surface area contributed by atoms with E-state index < -0.39 is 12.5 Å². The first-order valence-electron chi connectivity index (χ1n) is 6.07. The van der Waals surface area contributed by atoms with Crippen LogP contribution in [-0.2, 0) is 5.33 Å². The number of rotatable bonds is 3. The van der Waals surface area contributed by atoms with Gasteiger partial charge < -0.3 is 5.43 Å². The molecule has 1 heterocycles. The molecular formula is C13H16BrF3N2. The van der Waals surface area contributed by atoms with Gasteiger partial charge in [0.15, 0.2) is 0 Å². The summed E-state index contributed by atoms with van der Waals surface area (Å²) >= 11 is 3.16. The fraction of sp³-hybridized carbons (Fsp3) is 0.462. The minimum absolute atomic E-state index is 0.116. The lowest BCUT2D eigenvalue weighted by Gasteiger charge is -2.07. The minimum atomic E-state index is -2.47.